The molecule has 15 heteroatoms. The molecule has 2 aliphatic rings. The van der Waals surface area contributed by atoms with Crippen molar-refractivity contribution in [2.45, 2.75) is 12.7 Å². The molecule has 0 unspecified atom stereocenters. The number of amides is 1. The van der Waals surface area contributed by atoms with E-state index in [0.29, 0.717) is 37.8 Å². The Morgan fingerprint density at radius 3 is 2.31 bits per heavy atom. The van der Waals surface area contributed by atoms with Gasteiger partial charge in [-0.2, -0.15) is 0 Å². The van der Waals surface area contributed by atoms with Gasteiger partial charge in [-0.3, -0.25) is 10.7 Å². The molecule has 1 aromatic carbocycles. The van der Waals surface area contributed by atoms with E-state index in [9.17, 15) is 4.79 Å². The number of aromatic nitrogens is 2. The number of hydrogen-bond acceptors (Lipinski definition) is 9. The second kappa shape index (κ2) is 14.1. The summed E-state index contributed by atoms with van der Waals surface area (Å²) in [6.45, 7) is 3.96. The fourth-order valence-corrected chi connectivity index (χ4v) is 3.81. The lowest BCUT2D eigenvalue weighted by molar-refractivity contribution is 0.0778. The standard InChI is InChI=1S/C21H27FN8O3.3ClH/c1-32-16-11-30(12-16)20-25-9-15(10-26-20)28-5-7-29(8-6-28)17-4-2-3-14(18(17)22)13-33-21(31)27-19(23)24;;;/h2-4,9-10,16H,5-8,11-13H2,1H3,(H4,23,24,27,31);3*1H. The van der Waals surface area contributed by atoms with Gasteiger partial charge >= 0.3 is 6.09 Å². The van der Waals surface area contributed by atoms with Crippen molar-refractivity contribution in [1.82, 2.24) is 15.3 Å². The molecule has 0 spiro atoms. The molecule has 1 amide bonds. The van der Waals surface area contributed by atoms with Crippen LogP contribution in [0.15, 0.2) is 30.6 Å². The molecule has 0 saturated carbocycles. The molecule has 36 heavy (non-hydrogen) atoms. The van der Waals surface area contributed by atoms with Crippen molar-refractivity contribution in [3.8, 4) is 0 Å². The molecule has 2 aromatic rings. The minimum Gasteiger partial charge on any atom is -0.444 e. The second-order valence-corrected chi connectivity index (χ2v) is 7.84. The van der Waals surface area contributed by atoms with Crippen molar-refractivity contribution in [2.75, 3.05) is 61.1 Å². The Balaban J connectivity index is 0.00000216. The van der Waals surface area contributed by atoms with E-state index in [4.69, 9.17) is 20.6 Å². The third-order valence-corrected chi connectivity index (χ3v) is 5.73. The van der Waals surface area contributed by atoms with E-state index in [2.05, 4.69) is 19.8 Å². The highest BCUT2D eigenvalue weighted by Crippen LogP contribution is 2.26. The molecule has 4 N–H and O–H groups in total. The minimum absolute atomic E-state index is 0. The van der Waals surface area contributed by atoms with E-state index >= 15 is 4.39 Å². The Bertz CT molecular complexity index is 1010. The lowest BCUT2D eigenvalue weighted by atomic mass is 10.1. The van der Waals surface area contributed by atoms with Gasteiger partial charge in [0.05, 0.1) is 29.9 Å². The van der Waals surface area contributed by atoms with Crippen molar-refractivity contribution in [2.24, 2.45) is 5.73 Å². The summed E-state index contributed by atoms with van der Waals surface area (Å²) >= 11 is 0. The maximum absolute atomic E-state index is 15.0. The lowest BCUT2D eigenvalue weighted by Crippen LogP contribution is -2.52. The number of carbonyl (C=O) groups is 1. The van der Waals surface area contributed by atoms with Gasteiger partial charge in [0.15, 0.2) is 11.8 Å². The third kappa shape index (κ3) is 7.36. The number of nitrogens with zero attached hydrogens (tertiary/aromatic N) is 5. The highest BCUT2D eigenvalue weighted by atomic mass is 35.5. The number of alkyl carbamates (subject to hydrolysis) is 1. The molecule has 4 rings (SSSR count). The largest absolute Gasteiger partial charge is 0.444 e. The zero-order valence-corrected chi connectivity index (χ0v) is 22.0. The summed E-state index contributed by atoms with van der Waals surface area (Å²) in [5.74, 6) is -0.269. The first-order valence-corrected chi connectivity index (χ1v) is 10.6. The SMILES string of the molecule is COC1CN(c2ncc(N3CCN(c4cccc(COC(=O)NC(=N)N)c4F)CC3)cn2)C1.Cl.Cl.Cl. The van der Waals surface area contributed by atoms with Crippen LogP contribution in [-0.4, -0.2) is 74.5 Å². The van der Waals surface area contributed by atoms with Gasteiger partial charge in [-0.05, 0) is 6.07 Å². The molecular formula is C21H30Cl3FN8O3. The topological polar surface area (TPSA) is 133 Å². The summed E-state index contributed by atoms with van der Waals surface area (Å²) in [4.78, 5) is 26.6. The van der Waals surface area contributed by atoms with E-state index in [-0.39, 0.29) is 55.5 Å². The number of carbonyl (C=O) groups excluding carboxylic acids is 1. The molecular weight excluding hydrogens is 538 g/mol. The normalized spacial score (nSPS) is 15.0. The van der Waals surface area contributed by atoms with Gasteiger partial charge in [0.25, 0.3) is 0 Å². The maximum Gasteiger partial charge on any atom is 0.414 e. The first-order valence-electron chi connectivity index (χ1n) is 10.6. The van der Waals surface area contributed by atoms with Gasteiger partial charge in [-0.15, -0.1) is 37.2 Å². The van der Waals surface area contributed by atoms with Gasteiger partial charge in [0.1, 0.15) is 6.61 Å². The van der Waals surface area contributed by atoms with Gasteiger partial charge in [0, 0.05) is 51.9 Å². The van der Waals surface area contributed by atoms with E-state index in [1.54, 1.807) is 25.3 Å². The molecule has 0 aliphatic carbocycles. The van der Waals surface area contributed by atoms with Crippen molar-refractivity contribution < 1.29 is 18.7 Å². The first-order chi connectivity index (χ1) is 15.9. The van der Waals surface area contributed by atoms with Crippen LogP contribution in [0.2, 0.25) is 0 Å². The summed E-state index contributed by atoms with van der Waals surface area (Å²) < 4.78 is 25.2. The molecule has 2 fully saturated rings. The van der Waals surface area contributed by atoms with Crippen LogP contribution < -0.4 is 25.8 Å². The lowest BCUT2D eigenvalue weighted by Gasteiger charge is -2.39. The van der Waals surface area contributed by atoms with E-state index in [1.807, 2.05) is 22.6 Å². The van der Waals surface area contributed by atoms with Crippen LogP contribution in [0, 0.1) is 11.2 Å². The molecule has 200 valence electrons. The fraction of sp³-hybridized carbons (Fsp3) is 0.429. The van der Waals surface area contributed by atoms with Crippen LogP contribution in [0.3, 0.4) is 0 Å². The molecule has 2 saturated heterocycles. The Labute approximate surface area is 227 Å². The number of benzene rings is 1. The highest BCUT2D eigenvalue weighted by Gasteiger charge is 2.28. The summed E-state index contributed by atoms with van der Waals surface area (Å²) in [7, 11) is 1.71. The van der Waals surface area contributed by atoms with Crippen molar-refractivity contribution in [1.29, 1.82) is 5.41 Å². The highest BCUT2D eigenvalue weighted by molar-refractivity contribution is 5.90. The van der Waals surface area contributed by atoms with E-state index in [1.165, 1.54) is 0 Å². The van der Waals surface area contributed by atoms with Gasteiger partial charge < -0.3 is 29.9 Å². The van der Waals surface area contributed by atoms with Crippen LogP contribution in [0.25, 0.3) is 0 Å². The summed E-state index contributed by atoms with van der Waals surface area (Å²) in [5.41, 5.74) is 6.72. The quantitative estimate of drug-likeness (QED) is 0.355. The van der Waals surface area contributed by atoms with Crippen molar-refractivity contribution in [3.63, 3.8) is 0 Å². The summed E-state index contributed by atoms with van der Waals surface area (Å²) in [6, 6.07) is 4.99. The van der Waals surface area contributed by atoms with Crippen molar-refractivity contribution in [3.05, 3.63) is 42.0 Å². The van der Waals surface area contributed by atoms with Crippen LogP contribution in [0.4, 0.5) is 26.5 Å². The maximum atomic E-state index is 15.0. The Hall–Kier alpha value is -2.80. The van der Waals surface area contributed by atoms with Crippen LogP contribution in [0.1, 0.15) is 5.56 Å². The molecule has 2 aliphatic heterocycles. The number of hydrogen-bond donors (Lipinski definition) is 3. The van der Waals surface area contributed by atoms with Crippen LogP contribution in [0.5, 0.6) is 0 Å². The van der Waals surface area contributed by atoms with E-state index in [0.717, 1.165) is 18.8 Å². The monoisotopic (exact) mass is 566 g/mol. The zero-order valence-electron chi connectivity index (χ0n) is 19.6. The molecule has 0 bridgehead atoms. The predicted octanol–water partition coefficient (Wildman–Crippen LogP) is 2.16. The number of piperazine rings is 1. The number of ether oxygens (including phenoxy) is 2. The number of guanidine groups is 1. The molecule has 0 atom stereocenters. The number of rotatable bonds is 6. The smallest absolute Gasteiger partial charge is 0.414 e. The van der Waals surface area contributed by atoms with Gasteiger partial charge in [0.2, 0.25) is 5.95 Å². The zero-order chi connectivity index (χ0) is 23.4. The Morgan fingerprint density at radius 2 is 1.72 bits per heavy atom. The average Bonchev–Trinajstić information content (AvgIpc) is 2.78. The van der Waals surface area contributed by atoms with Crippen LogP contribution in [-0.2, 0) is 16.1 Å². The summed E-state index contributed by atoms with van der Waals surface area (Å²) in [5, 5.41) is 9.01. The van der Waals surface area contributed by atoms with Crippen molar-refractivity contribution >= 4 is 66.6 Å². The summed E-state index contributed by atoms with van der Waals surface area (Å²) in [6.07, 6.45) is 2.98. The predicted molar refractivity (Wildman–Crippen MR) is 143 cm³/mol. The van der Waals surface area contributed by atoms with Gasteiger partial charge in [-0.1, -0.05) is 12.1 Å². The average molecular weight is 568 g/mol. The Kier molecular flexibility index (Phi) is 12.2. The number of nitrogens with one attached hydrogen (secondary N) is 2. The molecule has 11 nitrogen and oxygen atoms in total. The molecule has 0 radical (unpaired) electrons. The van der Waals surface area contributed by atoms with E-state index < -0.39 is 17.9 Å². The Morgan fingerprint density at radius 1 is 1.11 bits per heavy atom. The third-order valence-electron chi connectivity index (χ3n) is 5.73. The first kappa shape index (κ1) is 31.2. The second-order valence-electron chi connectivity index (χ2n) is 7.84. The van der Waals surface area contributed by atoms with Crippen LogP contribution >= 0.6 is 37.2 Å². The molecule has 1 aromatic heterocycles. The number of anilines is 3. The minimum atomic E-state index is -0.901. The fourth-order valence-electron chi connectivity index (χ4n) is 3.81. The molecule has 3 heterocycles. The number of nitrogens with two attached hydrogens (primary N) is 1. The number of halogens is 4. The number of methoxy groups -OCH3 is 1. The van der Waals surface area contributed by atoms with Gasteiger partial charge in [-0.25, -0.2) is 19.2 Å².